The molecule has 0 radical (unpaired) electrons. The summed E-state index contributed by atoms with van der Waals surface area (Å²) in [5.74, 6) is 1.95. The lowest BCUT2D eigenvalue weighted by molar-refractivity contribution is -0.156. The summed E-state index contributed by atoms with van der Waals surface area (Å²) in [5.41, 5.74) is 3.68. The second kappa shape index (κ2) is 19.0. The summed E-state index contributed by atoms with van der Waals surface area (Å²) in [6.45, 7) is 6.72. The number of aliphatic hydroxyl groups excluding tert-OH is 1. The van der Waals surface area contributed by atoms with Crippen LogP contribution in [0.15, 0.2) is 11.1 Å². The van der Waals surface area contributed by atoms with Crippen molar-refractivity contribution >= 4 is 17.7 Å². The van der Waals surface area contributed by atoms with Gasteiger partial charge in [-0.25, -0.2) is 0 Å². The fraction of sp³-hybridized carbons (Fsp3) is 0.891. The molecular formula is C46H73N3O7. The Morgan fingerprint density at radius 3 is 2.00 bits per heavy atom. The van der Waals surface area contributed by atoms with Gasteiger partial charge in [0, 0.05) is 38.5 Å². The molecule has 3 saturated heterocycles. The van der Waals surface area contributed by atoms with Gasteiger partial charge in [-0.2, -0.15) is 0 Å². The molecule has 314 valence electrons. The minimum atomic E-state index is -0.503. The summed E-state index contributed by atoms with van der Waals surface area (Å²) < 4.78 is 19.7. The van der Waals surface area contributed by atoms with Crippen molar-refractivity contribution in [2.75, 3.05) is 32.8 Å². The number of likely N-dealkylation sites (tertiary alicyclic amines) is 2. The summed E-state index contributed by atoms with van der Waals surface area (Å²) >= 11 is 0. The van der Waals surface area contributed by atoms with Crippen LogP contribution in [0.25, 0.3) is 0 Å². The first-order valence-corrected chi connectivity index (χ1v) is 23.5. The number of amides is 3. The van der Waals surface area contributed by atoms with Crippen molar-refractivity contribution in [2.24, 2.45) is 29.6 Å². The molecule has 3 aliphatic heterocycles. The summed E-state index contributed by atoms with van der Waals surface area (Å²) in [4.78, 5) is 41.6. The number of nitrogens with one attached hydrogen (secondary N) is 1. The van der Waals surface area contributed by atoms with Gasteiger partial charge in [-0.3, -0.25) is 19.7 Å². The molecule has 56 heavy (non-hydrogen) atoms. The summed E-state index contributed by atoms with van der Waals surface area (Å²) in [6.07, 6.45) is 26.6. The van der Waals surface area contributed by atoms with Gasteiger partial charge >= 0.3 is 0 Å². The fourth-order valence-electron chi connectivity index (χ4n) is 12.5. The van der Waals surface area contributed by atoms with E-state index >= 15 is 0 Å². The van der Waals surface area contributed by atoms with Crippen LogP contribution in [0.4, 0.5) is 0 Å². The Labute approximate surface area is 336 Å². The first kappa shape index (κ1) is 40.9. The Morgan fingerprint density at radius 2 is 1.34 bits per heavy atom. The van der Waals surface area contributed by atoms with Crippen molar-refractivity contribution in [3.63, 3.8) is 0 Å². The Kier molecular flexibility index (Phi) is 13.9. The predicted octanol–water partition coefficient (Wildman–Crippen LogP) is 6.86. The van der Waals surface area contributed by atoms with Crippen LogP contribution in [0.1, 0.15) is 155 Å². The van der Waals surface area contributed by atoms with E-state index in [1.165, 1.54) is 77.0 Å². The SMILES string of the molecule is CC/C(=C(\C1CCC(O)CC1)C1CCC(OC2CC(OC3CCN(CCOC4CCC5CN(C6CCC(=O)NC6=O)C(=O)C5C4)CC3)C2)CC1)C1CCCCC1. The average Bonchev–Trinajstić information content (AvgIpc) is 3.52. The van der Waals surface area contributed by atoms with Crippen LogP contribution >= 0.6 is 0 Å². The fourth-order valence-corrected chi connectivity index (χ4v) is 12.5. The summed E-state index contributed by atoms with van der Waals surface area (Å²) in [6, 6.07) is -0.503. The van der Waals surface area contributed by atoms with Crippen LogP contribution in [0, 0.1) is 29.6 Å². The lowest BCUT2D eigenvalue weighted by Gasteiger charge is -2.43. The molecule has 0 spiro atoms. The van der Waals surface area contributed by atoms with Crippen molar-refractivity contribution in [1.29, 1.82) is 0 Å². The third-order valence-electron chi connectivity index (χ3n) is 15.8. The van der Waals surface area contributed by atoms with E-state index in [0.29, 0.717) is 56.3 Å². The maximum absolute atomic E-state index is 13.3. The van der Waals surface area contributed by atoms with Gasteiger partial charge in [0.1, 0.15) is 6.04 Å². The standard InChI is InChI=1S/C46H73N3O7/c1-2-40(30-6-4-3-5-7-30)44(31-8-13-34(50)14-9-31)32-10-15-35(16-11-32)55-38-26-39(27-38)56-36-20-22-48(23-21-36)24-25-54-37-17-12-33-29-49(46(53)41(33)28-37)42-18-19-43(51)47-45(42)52/h30-39,41-42,50H,2-29H2,1H3,(H,47,51,52)/b44-40-. The molecule has 5 aliphatic carbocycles. The van der Waals surface area contributed by atoms with Gasteiger partial charge in [-0.05, 0) is 146 Å². The van der Waals surface area contributed by atoms with Crippen molar-refractivity contribution in [3.8, 4) is 0 Å². The number of allylic oxidation sites excluding steroid dienone is 2. The zero-order chi connectivity index (χ0) is 38.6. The van der Waals surface area contributed by atoms with Crippen LogP contribution in [0.5, 0.6) is 0 Å². The Hall–Kier alpha value is -1.85. The van der Waals surface area contributed by atoms with Gasteiger partial charge in [0.2, 0.25) is 17.7 Å². The van der Waals surface area contributed by atoms with Gasteiger partial charge in [0.25, 0.3) is 0 Å². The number of hydrogen-bond donors (Lipinski definition) is 2. The van der Waals surface area contributed by atoms with Crippen molar-refractivity contribution in [1.82, 2.24) is 15.1 Å². The second-order valence-electron chi connectivity index (χ2n) is 19.3. The molecule has 8 rings (SSSR count). The average molecular weight is 780 g/mol. The van der Waals surface area contributed by atoms with Crippen LogP contribution in [0.3, 0.4) is 0 Å². The summed E-state index contributed by atoms with van der Waals surface area (Å²) in [5, 5.41) is 12.7. The number of imide groups is 1. The molecular weight excluding hydrogens is 707 g/mol. The molecule has 0 aromatic carbocycles. The van der Waals surface area contributed by atoms with Gasteiger partial charge in [0.05, 0.1) is 43.2 Å². The van der Waals surface area contributed by atoms with Gasteiger partial charge in [-0.15, -0.1) is 0 Å². The number of hydrogen-bond acceptors (Lipinski definition) is 8. The van der Waals surface area contributed by atoms with Crippen LogP contribution in [-0.4, -0.2) is 108 Å². The van der Waals surface area contributed by atoms with Crippen LogP contribution in [0.2, 0.25) is 0 Å². The quantitative estimate of drug-likeness (QED) is 0.154. The maximum atomic E-state index is 13.3. The maximum Gasteiger partial charge on any atom is 0.249 e. The van der Waals surface area contributed by atoms with E-state index in [2.05, 4.69) is 17.1 Å². The number of piperidine rings is 2. The highest BCUT2D eigenvalue weighted by atomic mass is 16.5. The minimum Gasteiger partial charge on any atom is -0.393 e. The van der Waals surface area contributed by atoms with Gasteiger partial charge in [0.15, 0.2) is 0 Å². The molecule has 8 fully saturated rings. The van der Waals surface area contributed by atoms with E-state index in [0.717, 1.165) is 89.3 Å². The molecule has 0 aromatic heterocycles. The van der Waals surface area contributed by atoms with E-state index in [1.54, 1.807) is 4.90 Å². The van der Waals surface area contributed by atoms with E-state index in [4.69, 9.17) is 14.2 Å². The molecule has 2 N–H and O–H groups in total. The van der Waals surface area contributed by atoms with E-state index in [1.807, 2.05) is 11.1 Å². The largest absolute Gasteiger partial charge is 0.393 e. The van der Waals surface area contributed by atoms with Crippen molar-refractivity contribution < 1.29 is 33.7 Å². The van der Waals surface area contributed by atoms with Crippen molar-refractivity contribution in [2.45, 2.75) is 197 Å². The minimum absolute atomic E-state index is 0.0674. The monoisotopic (exact) mass is 780 g/mol. The van der Waals surface area contributed by atoms with Crippen LogP contribution in [-0.2, 0) is 28.6 Å². The third kappa shape index (κ3) is 9.77. The topological polar surface area (TPSA) is 118 Å². The molecule has 3 amide bonds. The lowest BCUT2D eigenvalue weighted by atomic mass is 9.67. The van der Waals surface area contributed by atoms with Crippen LogP contribution < -0.4 is 5.32 Å². The normalized spacial score (nSPS) is 38.5. The van der Waals surface area contributed by atoms with Crippen molar-refractivity contribution in [3.05, 3.63) is 11.1 Å². The van der Waals surface area contributed by atoms with Gasteiger partial charge < -0.3 is 29.1 Å². The lowest BCUT2D eigenvalue weighted by Crippen LogP contribution is -2.53. The number of nitrogens with zero attached hydrogens (tertiary/aromatic N) is 2. The number of aliphatic hydroxyl groups is 1. The number of fused-ring (bicyclic) bond motifs is 1. The zero-order valence-electron chi connectivity index (χ0n) is 34.5. The smallest absolute Gasteiger partial charge is 0.249 e. The molecule has 4 atom stereocenters. The van der Waals surface area contributed by atoms with E-state index < -0.39 is 6.04 Å². The second-order valence-corrected chi connectivity index (χ2v) is 19.3. The van der Waals surface area contributed by atoms with E-state index in [9.17, 15) is 19.5 Å². The number of carbonyl (C=O) groups is 3. The molecule has 10 nitrogen and oxygen atoms in total. The highest BCUT2D eigenvalue weighted by Crippen LogP contribution is 2.47. The highest BCUT2D eigenvalue weighted by Gasteiger charge is 2.48. The molecule has 10 heteroatoms. The number of rotatable bonds is 13. The highest BCUT2D eigenvalue weighted by molar-refractivity contribution is 6.02. The predicted molar refractivity (Wildman–Crippen MR) is 215 cm³/mol. The molecule has 3 heterocycles. The Balaban J connectivity index is 0.704. The summed E-state index contributed by atoms with van der Waals surface area (Å²) in [7, 11) is 0. The first-order chi connectivity index (χ1) is 27.3. The number of carbonyl (C=O) groups excluding carboxylic acids is 3. The molecule has 4 unspecified atom stereocenters. The molecule has 8 aliphatic rings. The van der Waals surface area contributed by atoms with Gasteiger partial charge in [-0.1, -0.05) is 37.3 Å². The molecule has 5 saturated carbocycles. The Morgan fingerprint density at radius 1 is 0.696 bits per heavy atom. The Bertz CT molecular complexity index is 1370. The van der Waals surface area contributed by atoms with E-state index in [-0.39, 0.29) is 41.8 Å². The first-order valence-electron chi connectivity index (χ1n) is 23.5. The molecule has 0 aromatic rings. The third-order valence-corrected chi connectivity index (χ3v) is 15.8. The number of ether oxygens (including phenoxy) is 3. The molecule has 0 bridgehead atoms. The zero-order valence-corrected chi connectivity index (χ0v) is 34.5.